The van der Waals surface area contributed by atoms with Crippen molar-refractivity contribution in [1.82, 2.24) is 0 Å². The third-order valence-corrected chi connectivity index (χ3v) is 3.18. The Bertz CT molecular complexity index is 333. The lowest BCUT2D eigenvalue weighted by Gasteiger charge is -2.28. The van der Waals surface area contributed by atoms with Crippen LogP contribution in [0.2, 0.25) is 0 Å². The van der Waals surface area contributed by atoms with Gasteiger partial charge in [-0.3, -0.25) is 0 Å². The highest BCUT2D eigenvalue weighted by Gasteiger charge is 2.44. The highest BCUT2D eigenvalue weighted by molar-refractivity contribution is 5.33. The molecular weight excluding hydrogens is 174 g/mol. The van der Waals surface area contributed by atoms with Gasteiger partial charge in [0, 0.05) is 6.54 Å². The van der Waals surface area contributed by atoms with Crippen molar-refractivity contribution in [3.8, 4) is 0 Å². The third-order valence-electron chi connectivity index (χ3n) is 3.18. The van der Waals surface area contributed by atoms with E-state index in [2.05, 4.69) is 0 Å². The number of benzene rings is 1. The van der Waals surface area contributed by atoms with Gasteiger partial charge in [0.2, 0.25) is 0 Å². The summed E-state index contributed by atoms with van der Waals surface area (Å²) in [5.41, 5.74) is 7.05. The molecule has 1 saturated carbocycles. The van der Waals surface area contributed by atoms with Gasteiger partial charge in [0.1, 0.15) is 5.60 Å². The topological polar surface area (TPSA) is 46.2 Å². The molecular formula is C12H17NO. The summed E-state index contributed by atoms with van der Waals surface area (Å²) < 4.78 is 0. The average molecular weight is 191 g/mol. The average Bonchev–Trinajstić information content (AvgIpc) is 3.01. The number of nitrogens with two attached hydrogens (primary N) is 1. The SMILES string of the molecule is Cc1ccccc1C(O)(CN)C1CC1. The fourth-order valence-electron chi connectivity index (χ4n) is 2.12. The van der Waals surface area contributed by atoms with E-state index < -0.39 is 5.60 Å². The second-order valence-electron chi connectivity index (χ2n) is 4.22. The first-order chi connectivity index (χ1) is 6.68. The van der Waals surface area contributed by atoms with Gasteiger partial charge in [-0.05, 0) is 36.8 Å². The summed E-state index contributed by atoms with van der Waals surface area (Å²) in [5, 5.41) is 10.5. The Morgan fingerprint density at radius 1 is 1.43 bits per heavy atom. The van der Waals surface area contributed by atoms with Crippen molar-refractivity contribution < 1.29 is 5.11 Å². The molecule has 0 heterocycles. The molecule has 1 aromatic carbocycles. The maximum Gasteiger partial charge on any atom is 0.105 e. The van der Waals surface area contributed by atoms with Gasteiger partial charge in [0.05, 0.1) is 0 Å². The summed E-state index contributed by atoms with van der Waals surface area (Å²) in [4.78, 5) is 0. The lowest BCUT2D eigenvalue weighted by molar-refractivity contribution is 0.0216. The first kappa shape index (κ1) is 9.69. The fourth-order valence-corrected chi connectivity index (χ4v) is 2.12. The molecule has 76 valence electrons. The van der Waals surface area contributed by atoms with Crippen LogP contribution in [0.25, 0.3) is 0 Å². The van der Waals surface area contributed by atoms with Crippen molar-refractivity contribution in [2.75, 3.05) is 6.54 Å². The van der Waals surface area contributed by atoms with E-state index in [-0.39, 0.29) is 0 Å². The standard InChI is InChI=1S/C12H17NO/c1-9-4-2-3-5-11(9)12(14,8-13)10-6-7-10/h2-5,10,14H,6-8,13H2,1H3. The molecule has 2 heteroatoms. The smallest absolute Gasteiger partial charge is 0.105 e. The van der Waals surface area contributed by atoms with Crippen LogP contribution in [0.1, 0.15) is 24.0 Å². The second kappa shape index (κ2) is 3.37. The van der Waals surface area contributed by atoms with Crippen molar-refractivity contribution >= 4 is 0 Å². The number of aliphatic hydroxyl groups is 1. The van der Waals surface area contributed by atoms with E-state index in [1.807, 2.05) is 31.2 Å². The zero-order valence-corrected chi connectivity index (χ0v) is 8.53. The van der Waals surface area contributed by atoms with Gasteiger partial charge in [-0.1, -0.05) is 24.3 Å². The molecule has 0 radical (unpaired) electrons. The second-order valence-corrected chi connectivity index (χ2v) is 4.22. The highest BCUT2D eigenvalue weighted by Crippen LogP contribution is 2.45. The van der Waals surface area contributed by atoms with Crippen LogP contribution >= 0.6 is 0 Å². The molecule has 2 rings (SSSR count). The zero-order valence-electron chi connectivity index (χ0n) is 8.53. The molecule has 1 aromatic rings. The van der Waals surface area contributed by atoms with Crippen molar-refractivity contribution in [3.63, 3.8) is 0 Å². The molecule has 1 aliphatic carbocycles. The van der Waals surface area contributed by atoms with Crippen LogP contribution in [0.4, 0.5) is 0 Å². The summed E-state index contributed by atoms with van der Waals surface area (Å²) in [5.74, 6) is 0.369. The largest absolute Gasteiger partial charge is 0.384 e. The van der Waals surface area contributed by atoms with Crippen LogP contribution in [0.15, 0.2) is 24.3 Å². The first-order valence-electron chi connectivity index (χ1n) is 5.17. The van der Waals surface area contributed by atoms with E-state index in [1.54, 1.807) is 0 Å². The highest BCUT2D eigenvalue weighted by atomic mass is 16.3. The number of hydrogen-bond acceptors (Lipinski definition) is 2. The quantitative estimate of drug-likeness (QED) is 0.761. The first-order valence-corrected chi connectivity index (χ1v) is 5.17. The Balaban J connectivity index is 2.40. The van der Waals surface area contributed by atoms with Crippen molar-refractivity contribution in [1.29, 1.82) is 0 Å². The minimum Gasteiger partial charge on any atom is -0.384 e. The lowest BCUT2D eigenvalue weighted by Crippen LogP contribution is -2.37. The third kappa shape index (κ3) is 1.45. The van der Waals surface area contributed by atoms with Crippen molar-refractivity contribution in [3.05, 3.63) is 35.4 Å². The van der Waals surface area contributed by atoms with Crippen LogP contribution < -0.4 is 5.73 Å². The number of hydrogen-bond donors (Lipinski definition) is 2. The van der Waals surface area contributed by atoms with E-state index in [0.29, 0.717) is 12.5 Å². The summed E-state index contributed by atoms with van der Waals surface area (Å²) >= 11 is 0. The summed E-state index contributed by atoms with van der Waals surface area (Å²) in [6.45, 7) is 2.35. The van der Waals surface area contributed by atoms with Gasteiger partial charge < -0.3 is 10.8 Å². The summed E-state index contributed by atoms with van der Waals surface area (Å²) in [7, 11) is 0. The Labute approximate surface area is 84.7 Å². The molecule has 0 saturated heterocycles. The molecule has 0 bridgehead atoms. The normalized spacial score (nSPS) is 20.5. The number of aryl methyl sites for hydroxylation is 1. The minimum absolute atomic E-state index is 0.322. The van der Waals surface area contributed by atoms with E-state index in [0.717, 1.165) is 24.0 Å². The van der Waals surface area contributed by atoms with E-state index in [4.69, 9.17) is 5.73 Å². The molecule has 14 heavy (non-hydrogen) atoms. The zero-order chi connectivity index (χ0) is 10.2. The number of rotatable bonds is 3. The molecule has 0 aliphatic heterocycles. The van der Waals surface area contributed by atoms with Crippen LogP contribution in [-0.2, 0) is 5.60 Å². The molecule has 0 amide bonds. The van der Waals surface area contributed by atoms with Crippen molar-refractivity contribution in [2.45, 2.75) is 25.4 Å². The fraction of sp³-hybridized carbons (Fsp3) is 0.500. The van der Waals surface area contributed by atoms with Crippen LogP contribution in [0, 0.1) is 12.8 Å². The van der Waals surface area contributed by atoms with Gasteiger partial charge in [-0.15, -0.1) is 0 Å². The Morgan fingerprint density at radius 3 is 2.57 bits per heavy atom. The monoisotopic (exact) mass is 191 g/mol. The molecule has 0 spiro atoms. The predicted molar refractivity (Wildman–Crippen MR) is 56.9 cm³/mol. The van der Waals surface area contributed by atoms with Gasteiger partial charge in [0.15, 0.2) is 0 Å². The summed E-state index contributed by atoms with van der Waals surface area (Å²) in [6.07, 6.45) is 2.20. The molecule has 0 aromatic heterocycles. The van der Waals surface area contributed by atoms with Gasteiger partial charge in [0.25, 0.3) is 0 Å². The molecule has 1 unspecified atom stereocenters. The maximum atomic E-state index is 10.5. The minimum atomic E-state index is -0.786. The Morgan fingerprint density at radius 2 is 2.07 bits per heavy atom. The Hall–Kier alpha value is -0.860. The maximum absolute atomic E-state index is 10.5. The van der Waals surface area contributed by atoms with E-state index >= 15 is 0 Å². The molecule has 2 nitrogen and oxygen atoms in total. The molecule has 1 atom stereocenters. The summed E-state index contributed by atoms with van der Waals surface area (Å²) in [6, 6.07) is 7.97. The van der Waals surface area contributed by atoms with Crippen molar-refractivity contribution in [2.24, 2.45) is 11.7 Å². The van der Waals surface area contributed by atoms with Gasteiger partial charge in [-0.25, -0.2) is 0 Å². The van der Waals surface area contributed by atoms with Gasteiger partial charge >= 0.3 is 0 Å². The van der Waals surface area contributed by atoms with Crippen LogP contribution in [0.5, 0.6) is 0 Å². The lowest BCUT2D eigenvalue weighted by atomic mass is 9.86. The van der Waals surface area contributed by atoms with Gasteiger partial charge in [-0.2, -0.15) is 0 Å². The molecule has 1 aliphatic rings. The molecule has 3 N–H and O–H groups in total. The Kier molecular flexibility index (Phi) is 2.33. The predicted octanol–water partition coefficient (Wildman–Crippen LogP) is 1.55. The van der Waals surface area contributed by atoms with Crippen LogP contribution in [0.3, 0.4) is 0 Å². The molecule has 1 fully saturated rings. The van der Waals surface area contributed by atoms with E-state index in [1.165, 1.54) is 0 Å². The van der Waals surface area contributed by atoms with Crippen LogP contribution in [-0.4, -0.2) is 11.7 Å². The van der Waals surface area contributed by atoms with E-state index in [9.17, 15) is 5.11 Å².